The number of hydrogen-bond donors (Lipinski definition) is 5. The maximum absolute atomic E-state index is 14.5. The van der Waals surface area contributed by atoms with E-state index in [0.717, 1.165) is 19.8 Å². The molecule has 6 atom stereocenters. The first-order chi connectivity index (χ1) is 18.3. The summed E-state index contributed by atoms with van der Waals surface area (Å²) >= 11 is 0. The van der Waals surface area contributed by atoms with Crippen molar-refractivity contribution >= 4 is 23.1 Å². The van der Waals surface area contributed by atoms with Gasteiger partial charge in [-0.2, -0.15) is 0 Å². The summed E-state index contributed by atoms with van der Waals surface area (Å²) in [6.07, 6.45) is -0.0359. The molecule has 1 fully saturated rings. The molecular weight excluding hydrogens is 512 g/mol. The largest absolute Gasteiger partial charge is 0.508 e. The number of aromatic hydroxyl groups is 1. The van der Waals surface area contributed by atoms with E-state index >= 15 is 0 Å². The summed E-state index contributed by atoms with van der Waals surface area (Å²) in [6, 6.07) is 3.58. The fourth-order valence-electron chi connectivity index (χ4n) is 8.23. The predicted molar refractivity (Wildman–Crippen MR) is 150 cm³/mol. The highest BCUT2D eigenvalue weighted by molar-refractivity contribution is 6.24. The van der Waals surface area contributed by atoms with Crippen LogP contribution < -0.4 is 0 Å². The number of benzene rings is 1. The van der Waals surface area contributed by atoms with Gasteiger partial charge in [-0.05, 0) is 36.2 Å². The summed E-state index contributed by atoms with van der Waals surface area (Å²) in [6.45, 7) is 15.2. The van der Waals surface area contributed by atoms with Crippen molar-refractivity contribution in [1.82, 2.24) is 0 Å². The standard InChI is InChI=1S/C32H42O8/c1-10-13-29(6,7)18-12-11-17-15(4)30(8)22(25(36)20(17)23(18)34)27(38)32(40)26(37)19(16(5)33)24(35)21(14(2)3)31(32,9)28(30)39/h11-12,14-15,21,28,34,36-37,39-40H,10,13H2,1-9H3/t15-,21?,28-,30+,31+,32+/m1/s1. The summed E-state index contributed by atoms with van der Waals surface area (Å²) < 4.78 is 0. The summed E-state index contributed by atoms with van der Waals surface area (Å²) in [5.74, 6) is -6.98. The number of aliphatic hydroxyl groups excluding tert-OH is 3. The van der Waals surface area contributed by atoms with E-state index in [1.807, 2.05) is 20.8 Å². The molecule has 1 aromatic carbocycles. The summed E-state index contributed by atoms with van der Waals surface area (Å²) in [4.78, 5) is 40.7. The molecule has 4 rings (SSSR count). The van der Waals surface area contributed by atoms with Crippen LogP contribution in [0.2, 0.25) is 0 Å². The first-order valence-corrected chi connectivity index (χ1v) is 14.0. The number of aliphatic hydroxyl groups is 4. The maximum Gasteiger partial charge on any atom is 0.203 e. The Kier molecular flexibility index (Phi) is 6.76. The van der Waals surface area contributed by atoms with Gasteiger partial charge < -0.3 is 25.5 Å². The van der Waals surface area contributed by atoms with E-state index < -0.39 is 80.1 Å². The van der Waals surface area contributed by atoms with Crippen LogP contribution >= 0.6 is 0 Å². The van der Waals surface area contributed by atoms with Crippen LogP contribution in [0.1, 0.15) is 97.8 Å². The van der Waals surface area contributed by atoms with Crippen molar-refractivity contribution in [1.29, 1.82) is 0 Å². The Bertz CT molecular complexity index is 1400. The van der Waals surface area contributed by atoms with Crippen LogP contribution in [0.25, 0.3) is 5.76 Å². The molecule has 1 aromatic rings. The lowest BCUT2D eigenvalue weighted by atomic mass is 9.40. The minimum absolute atomic E-state index is 0.0389. The Balaban J connectivity index is 2.14. The van der Waals surface area contributed by atoms with Gasteiger partial charge in [0.25, 0.3) is 0 Å². The lowest BCUT2D eigenvalue weighted by Gasteiger charge is -2.63. The van der Waals surface area contributed by atoms with Crippen molar-refractivity contribution in [3.05, 3.63) is 45.7 Å². The van der Waals surface area contributed by atoms with Gasteiger partial charge in [0.1, 0.15) is 22.8 Å². The molecule has 3 aliphatic rings. The van der Waals surface area contributed by atoms with E-state index in [-0.39, 0.29) is 16.9 Å². The zero-order chi connectivity index (χ0) is 30.5. The highest BCUT2D eigenvalue weighted by Crippen LogP contribution is 2.67. The highest BCUT2D eigenvalue weighted by atomic mass is 16.4. The molecular formula is C32H42O8. The molecule has 1 unspecified atom stereocenters. The number of phenolic OH excluding ortho intramolecular Hbond substituents is 1. The van der Waals surface area contributed by atoms with Crippen LogP contribution in [0.5, 0.6) is 5.75 Å². The number of phenols is 1. The molecule has 0 amide bonds. The van der Waals surface area contributed by atoms with Crippen LogP contribution in [0, 0.1) is 22.7 Å². The van der Waals surface area contributed by atoms with Gasteiger partial charge in [0.2, 0.25) is 5.78 Å². The van der Waals surface area contributed by atoms with Crippen LogP contribution in [-0.4, -0.2) is 54.6 Å². The second-order valence-corrected chi connectivity index (χ2v) is 13.4. The fourth-order valence-corrected chi connectivity index (χ4v) is 8.23. The van der Waals surface area contributed by atoms with Gasteiger partial charge in [0, 0.05) is 22.3 Å². The Morgan fingerprint density at radius 1 is 1.10 bits per heavy atom. The van der Waals surface area contributed by atoms with Crippen molar-refractivity contribution in [2.75, 3.05) is 0 Å². The van der Waals surface area contributed by atoms with Crippen LogP contribution in [0.15, 0.2) is 29.0 Å². The molecule has 0 heterocycles. The Labute approximate surface area is 235 Å². The van der Waals surface area contributed by atoms with Crippen LogP contribution in [0.3, 0.4) is 0 Å². The molecule has 0 radical (unpaired) electrons. The summed E-state index contributed by atoms with van der Waals surface area (Å²) in [5.41, 5.74) is -6.73. The van der Waals surface area contributed by atoms with E-state index in [1.54, 1.807) is 39.8 Å². The number of rotatable bonds is 5. The monoisotopic (exact) mass is 554 g/mol. The molecule has 0 aliphatic heterocycles. The Morgan fingerprint density at radius 2 is 1.68 bits per heavy atom. The van der Waals surface area contributed by atoms with E-state index in [0.29, 0.717) is 11.1 Å². The summed E-state index contributed by atoms with van der Waals surface area (Å²) in [7, 11) is 0. The van der Waals surface area contributed by atoms with Gasteiger partial charge in [-0.3, -0.25) is 14.4 Å². The minimum atomic E-state index is -2.88. The second kappa shape index (κ2) is 9.02. The number of ketones is 3. The third-order valence-electron chi connectivity index (χ3n) is 10.4. The lowest BCUT2D eigenvalue weighted by Crippen LogP contribution is -2.75. The van der Waals surface area contributed by atoms with Gasteiger partial charge >= 0.3 is 0 Å². The normalized spacial score (nSPS) is 34.1. The minimum Gasteiger partial charge on any atom is -0.508 e. The quantitative estimate of drug-likeness (QED) is 0.326. The molecule has 0 aromatic heterocycles. The third kappa shape index (κ3) is 3.29. The number of hydrogen-bond acceptors (Lipinski definition) is 8. The molecule has 3 aliphatic carbocycles. The molecule has 8 nitrogen and oxygen atoms in total. The zero-order valence-electron chi connectivity index (χ0n) is 24.8. The number of fused-ring (bicyclic) bond motifs is 3. The van der Waals surface area contributed by atoms with E-state index in [1.165, 1.54) is 6.92 Å². The topological polar surface area (TPSA) is 152 Å². The molecule has 0 saturated heterocycles. The molecule has 218 valence electrons. The van der Waals surface area contributed by atoms with Gasteiger partial charge in [0.15, 0.2) is 17.2 Å². The maximum atomic E-state index is 14.5. The zero-order valence-corrected chi connectivity index (χ0v) is 24.8. The Morgan fingerprint density at radius 3 is 2.17 bits per heavy atom. The average molecular weight is 555 g/mol. The van der Waals surface area contributed by atoms with Gasteiger partial charge in [-0.25, -0.2) is 0 Å². The van der Waals surface area contributed by atoms with Crippen molar-refractivity contribution in [2.45, 2.75) is 98.2 Å². The van der Waals surface area contributed by atoms with Gasteiger partial charge in [-0.1, -0.05) is 73.9 Å². The van der Waals surface area contributed by atoms with E-state index in [4.69, 9.17) is 0 Å². The fraction of sp³-hybridized carbons (Fsp3) is 0.594. The highest BCUT2D eigenvalue weighted by Gasteiger charge is 2.77. The first-order valence-electron chi connectivity index (χ1n) is 14.0. The molecule has 8 heteroatoms. The van der Waals surface area contributed by atoms with Crippen LogP contribution in [-0.2, 0) is 19.8 Å². The van der Waals surface area contributed by atoms with Crippen molar-refractivity contribution in [3.63, 3.8) is 0 Å². The van der Waals surface area contributed by atoms with E-state index in [2.05, 4.69) is 0 Å². The second-order valence-electron chi connectivity index (χ2n) is 13.4. The van der Waals surface area contributed by atoms with Gasteiger partial charge in [0.05, 0.1) is 17.2 Å². The van der Waals surface area contributed by atoms with Gasteiger partial charge in [-0.15, -0.1) is 0 Å². The third-order valence-corrected chi connectivity index (χ3v) is 10.4. The van der Waals surface area contributed by atoms with Crippen molar-refractivity contribution < 1.29 is 39.9 Å². The number of Topliss-reactive ketones (excluding diaryl/α,β-unsaturated/α-hetero) is 3. The molecule has 5 N–H and O–H groups in total. The average Bonchev–Trinajstić information content (AvgIpc) is 2.83. The molecule has 0 bridgehead atoms. The predicted octanol–water partition coefficient (Wildman–Crippen LogP) is 4.80. The lowest BCUT2D eigenvalue weighted by molar-refractivity contribution is -0.215. The first kappa shape index (κ1) is 30.0. The Hall–Kier alpha value is -2.97. The molecule has 0 spiro atoms. The molecule has 1 saturated carbocycles. The van der Waals surface area contributed by atoms with E-state index in [9.17, 15) is 39.9 Å². The van der Waals surface area contributed by atoms with Crippen molar-refractivity contribution in [3.8, 4) is 5.75 Å². The number of carbonyl (C=O) groups excluding carboxylic acids is 3. The SMILES string of the molecule is CCCC(C)(C)c1ccc2c(c1O)C(O)=C1C(=O)[C@@]3(O)C(O)=C(C(C)=O)C(=O)C(C(C)C)[C@@]3(C)[C@H](O)[C@@]1(C)[C@@H]2C. The van der Waals surface area contributed by atoms with Crippen molar-refractivity contribution in [2.24, 2.45) is 22.7 Å². The summed E-state index contributed by atoms with van der Waals surface area (Å²) in [5, 5.41) is 59.0. The smallest absolute Gasteiger partial charge is 0.203 e. The molecule has 40 heavy (non-hydrogen) atoms. The number of allylic oxidation sites excluding steroid dienone is 1. The number of carbonyl (C=O) groups is 3. The van der Waals surface area contributed by atoms with Crippen LogP contribution in [0.4, 0.5) is 0 Å².